The lowest BCUT2D eigenvalue weighted by Gasteiger charge is -2.34. The van der Waals surface area contributed by atoms with Gasteiger partial charge in [-0.15, -0.1) is 0 Å². The average molecular weight is 408 g/mol. The van der Waals surface area contributed by atoms with Crippen LogP contribution < -0.4 is 5.32 Å². The first kappa shape index (κ1) is 20.2. The number of carbonyl (C=O) groups is 2. The van der Waals surface area contributed by atoms with Gasteiger partial charge in [-0.3, -0.25) is 14.5 Å². The Morgan fingerprint density at radius 2 is 1.75 bits per heavy atom. The molecule has 1 N–H and O–H groups in total. The minimum atomic E-state index is -0.557. The van der Waals surface area contributed by atoms with Gasteiger partial charge in [0.25, 0.3) is 5.91 Å². The molecule has 0 aromatic heterocycles. The van der Waals surface area contributed by atoms with Crippen LogP contribution in [0.1, 0.15) is 15.9 Å². The number of piperazine rings is 1. The highest BCUT2D eigenvalue weighted by Gasteiger charge is 2.24. The van der Waals surface area contributed by atoms with Crippen molar-refractivity contribution in [2.45, 2.75) is 6.92 Å². The van der Waals surface area contributed by atoms with Crippen molar-refractivity contribution in [2.75, 3.05) is 38.0 Å². The Hall–Kier alpha value is -2.51. The zero-order valence-corrected chi connectivity index (χ0v) is 16.1. The fourth-order valence-electron chi connectivity index (χ4n) is 3.00. The van der Waals surface area contributed by atoms with E-state index in [0.29, 0.717) is 42.3 Å². The van der Waals surface area contributed by atoms with Crippen molar-refractivity contribution in [3.63, 3.8) is 0 Å². The molecule has 8 heteroatoms. The molecule has 0 aliphatic carbocycles. The molecule has 0 bridgehead atoms. The van der Waals surface area contributed by atoms with Crippen LogP contribution in [0.15, 0.2) is 36.4 Å². The molecule has 1 saturated heterocycles. The summed E-state index contributed by atoms with van der Waals surface area (Å²) in [6.07, 6.45) is 0. The number of nitrogens with zero attached hydrogens (tertiary/aromatic N) is 2. The maximum absolute atomic E-state index is 13.7. The van der Waals surface area contributed by atoms with E-state index in [1.54, 1.807) is 24.0 Å². The monoisotopic (exact) mass is 407 g/mol. The molecule has 1 heterocycles. The topological polar surface area (TPSA) is 52.7 Å². The number of nitrogens with one attached hydrogen (secondary N) is 1. The highest BCUT2D eigenvalue weighted by atomic mass is 35.5. The Bertz CT molecular complexity index is 899. The third kappa shape index (κ3) is 4.85. The zero-order valence-electron chi connectivity index (χ0n) is 15.3. The predicted molar refractivity (Wildman–Crippen MR) is 104 cm³/mol. The molecule has 0 atom stereocenters. The summed E-state index contributed by atoms with van der Waals surface area (Å²) >= 11 is 5.82. The molecule has 2 aromatic rings. The molecule has 1 fully saturated rings. The SMILES string of the molecule is Cc1ccc(C(=O)N2CCN(CC(=O)Nc3cc(Cl)ccc3F)CC2)cc1F. The van der Waals surface area contributed by atoms with Crippen LogP contribution in [-0.2, 0) is 4.79 Å². The van der Waals surface area contributed by atoms with Crippen molar-refractivity contribution in [3.8, 4) is 0 Å². The third-order valence-electron chi connectivity index (χ3n) is 4.65. The van der Waals surface area contributed by atoms with Gasteiger partial charge in [0, 0.05) is 36.8 Å². The minimum Gasteiger partial charge on any atom is -0.336 e. The van der Waals surface area contributed by atoms with Crippen LogP contribution in [0.5, 0.6) is 0 Å². The Kier molecular flexibility index (Phi) is 6.26. The fraction of sp³-hybridized carbons (Fsp3) is 0.300. The summed E-state index contributed by atoms with van der Waals surface area (Å²) in [6.45, 7) is 3.55. The van der Waals surface area contributed by atoms with Gasteiger partial charge in [-0.05, 0) is 42.8 Å². The van der Waals surface area contributed by atoms with E-state index in [9.17, 15) is 18.4 Å². The second-order valence-electron chi connectivity index (χ2n) is 6.70. The Morgan fingerprint density at radius 1 is 1.04 bits per heavy atom. The van der Waals surface area contributed by atoms with Crippen molar-refractivity contribution < 1.29 is 18.4 Å². The standard InChI is InChI=1S/C20H20ClF2N3O2/c1-13-2-3-14(10-17(13)23)20(28)26-8-6-25(7-9-26)12-19(27)24-18-11-15(21)4-5-16(18)22/h2-5,10-11H,6-9,12H2,1H3,(H,24,27). The highest BCUT2D eigenvalue weighted by Crippen LogP contribution is 2.19. The molecular weight excluding hydrogens is 388 g/mol. The molecule has 0 unspecified atom stereocenters. The Balaban J connectivity index is 1.52. The summed E-state index contributed by atoms with van der Waals surface area (Å²) in [5, 5.41) is 2.84. The van der Waals surface area contributed by atoms with Crippen LogP contribution in [0.2, 0.25) is 5.02 Å². The summed E-state index contributed by atoms with van der Waals surface area (Å²) in [5.74, 6) is -1.56. The van der Waals surface area contributed by atoms with E-state index in [1.165, 1.54) is 24.3 Å². The summed E-state index contributed by atoms with van der Waals surface area (Å²) in [5.41, 5.74) is 0.835. The van der Waals surface area contributed by atoms with Crippen molar-refractivity contribution in [3.05, 3.63) is 64.2 Å². The number of rotatable bonds is 4. The fourth-order valence-corrected chi connectivity index (χ4v) is 3.18. The van der Waals surface area contributed by atoms with Crippen LogP contribution in [0.25, 0.3) is 0 Å². The second-order valence-corrected chi connectivity index (χ2v) is 7.14. The first-order chi connectivity index (χ1) is 13.3. The zero-order chi connectivity index (χ0) is 20.3. The number of amides is 2. The summed E-state index contributed by atoms with van der Waals surface area (Å²) < 4.78 is 27.4. The molecule has 3 rings (SSSR count). The first-order valence-corrected chi connectivity index (χ1v) is 9.24. The Morgan fingerprint density at radius 3 is 2.43 bits per heavy atom. The molecule has 0 saturated carbocycles. The number of anilines is 1. The van der Waals surface area contributed by atoms with E-state index in [-0.39, 0.29) is 24.0 Å². The molecule has 0 radical (unpaired) electrons. The van der Waals surface area contributed by atoms with Crippen molar-refractivity contribution >= 4 is 29.1 Å². The van der Waals surface area contributed by atoms with Crippen molar-refractivity contribution in [1.82, 2.24) is 9.80 Å². The maximum Gasteiger partial charge on any atom is 0.254 e. The average Bonchev–Trinajstić information content (AvgIpc) is 2.67. The van der Waals surface area contributed by atoms with Gasteiger partial charge in [-0.25, -0.2) is 8.78 Å². The molecular formula is C20H20ClF2N3O2. The lowest BCUT2D eigenvalue weighted by atomic mass is 10.1. The number of hydrogen-bond donors (Lipinski definition) is 1. The quantitative estimate of drug-likeness (QED) is 0.845. The van der Waals surface area contributed by atoms with Gasteiger partial charge in [0.15, 0.2) is 0 Å². The molecule has 148 valence electrons. The van der Waals surface area contributed by atoms with Crippen LogP contribution in [0, 0.1) is 18.6 Å². The van der Waals surface area contributed by atoms with Crippen LogP contribution in [0.4, 0.5) is 14.5 Å². The normalized spacial score (nSPS) is 14.8. The molecule has 1 aliphatic heterocycles. The van der Waals surface area contributed by atoms with Gasteiger partial charge in [0.2, 0.25) is 5.91 Å². The molecule has 1 aliphatic rings. The van der Waals surface area contributed by atoms with Gasteiger partial charge in [0.05, 0.1) is 12.2 Å². The van der Waals surface area contributed by atoms with E-state index in [0.717, 1.165) is 0 Å². The van der Waals surface area contributed by atoms with Crippen molar-refractivity contribution in [2.24, 2.45) is 0 Å². The predicted octanol–water partition coefficient (Wildman–Crippen LogP) is 3.32. The smallest absolute Gasteiger partial charge is 0.254 e. The van der Waals surface area contributed by atoms with E-state index in [4.69, 9.17) is 11.6 Å². The number of hydrogen-bond acceptors (Lipinski definition) is 3. The largest absolute Gasteiger partial charge is 0.336 e. The van der Waals surface area contributed by atoms with Crippen LogP contribution in [-0.4, -0.2) is 54.3 Å². The number of carbonyl (C=O) groups excluding carboxylic acids is 2. The molecule has 2 aromatic carbocycles. The van der Waals surface area contributed by atoms with Gasteiger partial charge >= 0.3 is 0 Å². The van der Waals surface area contributed by atoms with Gasteiger partial charge < -0.3 is 10.2 Å². The van der Waals surface area contributed by atoms with Crippen molar-refractivity contribution in [1.29, 1.82) is 0 Å². The lowest BCUT2D eigenvalue weighted by Crippen LogP contribution is -2.50. The van der Waals surface area contributed by atoms with E-state index < -0.39 is 11.6 Å². The highest BCUT2D eigenvalue weighted by molar-refractivity contribution is 6.30. The summed E-state index contributed by atoms with van der Waals surface area (Å²) in [4.78, 5) is 28.2. The molecule has 5 nitrogen and oxygen atoms in total. The maximum atomic E-state index is 13.7. The van der Waals surface area contributed by atoms with E-state index in [2.05, 4.69) is 5.32 Å². The Labute approximate surface area is 166 Å². The number of aryl methyl sites for hydroxylation is 1. The summed E-state index contributed by atoms with van der Waals surface area (Å²) in [7, 11) is 0. The van der Waals surface area contributed by atoms with Gasteiger partial charge in [0.1, 0.15) is 11.6 Å². The second kappa shape index (κ2) is 8.67. The van der Waals surface area contributed by atoms with Crippen LogP contribution >= 0.6 is 11.6 Å². The molecule has 0 spiro atoms. The third-order valence-corrected chi connectivity index (χ3v) is 4.88. The molecule has 2 amide bonds. The van der Waals surface area contributed by atoms with E-state index in [1.807, 2.05) is 4.90 Å². The minimum absolute atomic E-state index is 0.0349. The van der Waals surface area contributed by atoms with Crippen LogP contribution in [0.3, 0.4) is 0 Å². The summed E-state index contributed by atoms with van der Waals surface area (Å²) in [6, 6.07) is 8.39. The molecule has 28 heavy (non-hydrogen) atoms. The van der Waals surface area contributed by atoms with Gasteiger partial charge in [-0.1, -0.05) is 17.7 Å². The van der Waals surface area contributed by atoms with E-state index >= 15 is 0 Å². The first-order valence-electron chi connectivity index (χ1n) is 8.86. The number of halogens is 3. The lowest BCUT2D eigenvalue weighted by molar-refractivity contribution is -0.117. The van der Waals surface area contributed by atoms with Gasteiger partial charge in [-0.2, -0.15) is 0 Å². The number of benzene rings is 2.